The lowest BCUT2D eigenvalue weighted by atomic mass is 10.2. The molecule has 0 radical (unpaired) electrons. The average Bonchev–Trinajstić information content (AvgIpc) is 2.64. The van der Waals surface area contributed by atoms with Crippen LogP contribution in [0.2, 0.25) is 0 Å². The van der Waals surface area contributed by atoms with Crippen molar-refractivity contribution in [3.63, 3.8) is 0 Å². The summed E-state index contributed by atoms with van der Waals surface area (Å²) < 4.78 is 7.20. The molecule has 1 aromatic carbocycles. The van der Waals surface area contributed by atoms with Gasteiger partial charge in [0.25, 0.3) is 0 Å². The largest absolute Gasteiger partial charge is 0.434 e. The summed E-state index contributed by atoms with van der Waals surface area (Å²) in [5.41, 5.74) is 7.36. The van der Waals surface area contributed by atoms with E-state index in [4.69, 9.17) is 10.5 Å². The summed E-state index contributed by atoms with van der Waals surface area (Å²) >= 11 is 0. The molecule has 2 aromatic rings. The summed E-state index contributed by atoms with van der Waals surface area (Å²) in [7, 11) is 0. The molecule has 1 aliphatic rings. The predicted molar refractivity (Wildman–Crippen MR) is 68.3 cm³/mol. The topological polar surface area (TPSA) is 57.2 Å². The molecule has 90 valence electrons. The summed E-state index contributed by atoms with van der Waals surface area (Å²) in [5.74, 6) is -0.278. The van der Waals surface area contributed by atoms with Gasteiger partial charge in [0.15, 0.2) is 5.72 Å². The van der Waals surface area contributed by atoms with Gasteiger partial charge in [0, 0.05) is 11.1 Å². The van der Waals surface area contributed by atoms with E-state index in [0.29, 0.717) is 11.4 Å². The predicted octanol–water partition coefficient (Wildman–Crippen LogP) is 2.51. The quantitative estimate of drug-likeness (QED) is 0.579. The van der Waals surface area contributed by atoms with Crippen molar-refractivity contribution in [1.82, 2.24) is 4.57 Å². The Bertz CT molecular complexity index is 616. The maximum absolute atomic E-state index is 11.7. The van der Waals surface area contributed by atoms with Crippen LogP contribution in [0.3, 0.4) is 0 Å². The molecule has 0 spiro atoms. The Balaban J connectivity index is 0.00000108. The van der Waals surface area contributed by atoms with Gasteiger partial charge in [0.05, 0.1) is 5.52 Å². The monoisotopic (exact) mass is 252 g/mol. The highest BCUT2D eigenvalue weighted by molar-refractivity contribution is 5.98. The van der Waals surface area contributed by atoms with E-state index in [9.17, 15) is 4.79 Å². The number of fused-ring (bicyclic) bond motifs is 3. The van der Waals surface area contributed by atoms with Crippen LogP contribution >= 0.6 is 12.4 Å². The Morgan fingerprint density at radius 2 is 2.00 bits per heavy atom. The molecule has 0 bridgehead atoms. The Kier molecular flexibility index (Phi) is 2.36. The van der Waals surface area contributed by atoms with Crippen molar-refractivity contribution in [2.45, 2.75) is 19.6 Å². The van der Waals surface area contributed by atoms with Crippen molar-refractivity contribution in [3.05, 3.63) is 30.0 Å². The number of halogens is 1. The molecule has 1 aromatic heterocycles. The molecule has 0 fully saturated rings. The minimum atomic E-state index is -0.621. The smallest absolute Gasteiger partial charge is 0.357 e. The van der Waals surface area contributed by atoms with E-state index in [1.54, 1.807) is 0 Å². The van der Waals surface area contributed by atoms with Gasteiger partial charge >= 0.3 is 5.97 Å². The van der Waals surface area contributed by atoms with Gasteiger partial charge in [-0.1, -0.05) is 0 Å². The number of nitrogens with zero attached hydrogens (tertiary/aromatic N) is 1. The first-order valence-electron chi connectivity index (χ1n) is 5.14. The van der Waals surface area contributed by atoms with Gasteiger partial charge < -0.3 is 10.5 Å². The van der Waals surface area contributed by atoms with Crippen molar-refractivity contribution in [1.29, 1.82) is 0 Å². The lowest BCUT2D eigenvalue weighted by molar-refractivity contribution is -0.0163. The SMILES string of the molecule is CC1(C)OC(=O)c2cc3cc(N)ccc3n21.Cl. The highest BCUT2D eigenvalue weighted by Gasteiger charge is 2.38. The van der Waals surface area contributed by atoms with Crippen LogP contribution in [0.1, 0.15) is 24.3 Å². The van der Waals surface area contributed by atoms with Gasteiger partial charge in [-0.25, -0.2) is 4.79 Å². The van der Waals surface area contributed by atoms with Crippen molar-refractivity contribution in [2.24, 2.45) is 0 Å². The number of nitrogens with two attached hydrogens (primary N) is 1. The van der Waals surface area contributed by atoms with E-state index in [1.165, 1.54) is 0 Å². The molecule has 17 heavy (non-hydrogen) atoms. The lowest BCUT2D eigenvalue weighted by Gasteiger charge is -2.20. The molecule has 2 N–H and O–H groups in total. The third-order valence-corrected chi connectivity index (χ3v) is 2.92. The highest BCUT2D eigenvalue weighted by atomic mass is 35.5. The first kappa shape index (κ1) is 11.8. The van der Waals surface area contributed by atoms with Crippen LogP contribution in [0.4, 0.5) is 5.69 Å². The van der Waals surface area contributed by atoms with Crippen LogP contribution in [0, 0.1) is 0 Å². The Morgan fingerprint density at radius 1 is 1.29 bits per heavy atom. The molecular weight excluding hydrogens is 240 g/mol. The zero-order valence-corrected chi connectivity index (χ0v) is 10.4. The van der Waals surface area contributed by atoms with E-state index in [2.05, 4.69) is 0 Å². The molecule has 4 nitrogen and oxygen atoms in total. The molecular formula is C12H13ClN2O2. The summed E-state index contributed by atoms with van der Waals surface area (Å²) in [6.45, 7) is 3.74. The number of hydrogen-bond acceptors (Lipinski definition) is 3. The Hall–Kier alpha value is -1.68. The molecule has 0 saturated heterocycles. The van der Waals surface area contributed by atoms with E-state index >= 15 is 0 Å². The van der Waals surface area contributed by atoms with Crippen molar-refractivity contribution in [3.8, 4) is 0 Å². The van der Waals surface area contributed by atoms with Gasteiger partial charge in [-0.3, -0.25) is 4.57 Å². The minimum Gasteiger partial charge on any atom is -0.434 e. The number of rotatable bonds is 0. The zero-order chi connectivity index (χ0) is 11.5. The van der Waals surface area contributed by atoms with Crippen LogP contribution in [-0.2, 0) is 10.5 Å². The summed E-state index contributed by atoms with van der Waals surface area (Å²) in [6, 6.07) is 7.43. The molecule has 0 amide bonds. The second-order valence-electron chi connectivity index (χ2n) is 4.52. The van der Waals surface area contributed by atoms with Crippen LogP contribution < -0.4 is 5.73 Å². The molecule has 0 aliphatic carbocycles. The van der Waals surface area contributed by atoms with Crippen molar-refractivity contribution >= 4 is 35.0 Å². The number of anilines is 1. The molecule has 1 aliphatic heterocycles. The van der Waals surface area contributed by atoms with Crippen LogP contribution in [0.25, 0.3) is 10.9 Å². The Labute approximate surface area is 105 Å². The molecule has 3 rings (SSSR count). The van der Waals surface area contributed by atoms with E-state index in [1.807, 2.05) is 42.7 Å². The van der Waals surface area contributed by atoms with E-state index < -0.39 is 5.72 Å². The summed E-state index contributed by atoms with van der Waals surface area (Å²) in [5, 5.41) is 0.972. The van der Waals surface area contributed by atoms with Gasteiger partial charge in [0.1, 0.15) is 5.69 Å². The highest BCUT2D eigenvalue weighted by Crippen LogP contribution is 2.35. The third kappa shape index (κ3) is 1.48. The number of hydrogen-bond donors (Lipinski definition) is 1. The van der Waals surface area contributed by atoms with E-state index in [0.717, 1.165) is 10.9 Å². The molecule has 0 unspecified atom stereocenters. The zero-order valence-electron chi connectivity index (χ0n) is 9.56. The third-order valence-electron chi connectivity index (χ3n) is 2.92. The second-order valence-corrected chi connectivity index (χ2v) is 4.52. The number of esters is 1. The Morgan fingerprint density at radius 3 is 2.71 bits per heavy atom. The molecule has 0 saturated carbocycles. The fourth-order valence-corrected chi connectivity index (χ4v) is 2.29. The van der Waals surface area contributed by atoms with Crippen LogP contribution in [0.15, 0.2) is 24.3 Å². The number of nitrogen functional groups attached to an aromatic ring is 1. The summed E-state index contributed by atoms with van der Waals surface area (Å²) in [6.07, 6.45) is 0. The second kappa shape index (κ2) is 3.40. The minimum absolute atomic E-state index is 0. The van der Waals surface area contributed by atoms with Gasteiger partial charge in [-0.15, -0.1) is 12.4 Å². The van der Waals surface area contributed by atoms with Crippen LogP contribution in [0.5, 0.6) is 0 Å². The lowest BCUT2D eigenvalue weighted by Crippen LogP contribution is -2.23. The number of carbonyl (C=O) groups is 1. The fraction of sp³-hybridized carbons (Fsp3) is 0.250. The maximum atomic E-state index is 11.7. The van der Waals surface area contributed by atoms with Gasteiger partial charge in [-0.2, -0.15) is 0 Å². The molecule has 0 atom stereocenters. The molecule has 5 heteroatoms. The number of carbonyl (C=O) groups excluding carboxylic acids is 1. The maximum Gasteiger partial charge on any atom is 0.357 e. The van der Waals surface area contributed by atoms with E-state index in [-0.39, 0.29) is 18.4 Å². The number of aromatic nitrogens is 1. The standard InChI is InChI=1S/C12H12N2O2.ClH/c1-12(2)14-9-4-3-8(13)5-7(9)6-10(14)11(15)16-12;/h3-6H,13H2,1-2H3;1H. The molecule has 2 heterocycles. The number of ether oxygens (including phenoxy) is 1. The number of benzene rings is 1. The number of cyclic esters (lactones) is 1. The van der Waals surface area contributed by atoms with Crippen molar-refractivity contribution < 1.29 is 9.53 Å². The van der Waals surface area contributed by atoms with Crippen LogP contribution in [-0.4, -0.2) is 10.5 Å². The average molecular weight is 253 g/mol. The first-order valence-corrected chi connectivity index (χ1v) is 5.14. The first-order chi connectivity index (χ1) is 7.49. The van der Waals surface area contributed by atoms with Gasteiger partial charge in [-0.05, 0) is 38.1 Å². The summed E-state index contributed by atoms with van der Waals surface area (Å²) in [4.78, 5) is 11.7. The van der Waals surface area contributed by atoms with Crippen molar-refractivity contribution in [2.75, 3.05) is 5.73 Å². The fourth-order valence-electron chi connectivity index (χ4n) is 2.29. The normalized spacial score (nSPS) is 16.5. The van der Waals surface area contributed by atoms with Gasteiger partial charge in [0.2, 0.25) is 0 Å².